The molecule has 0 bridgehead atoms. The number of methoxy groups -OCH3 is 1. The van der Waals surface area contributed by atoms with Gasteiger partial charge in [0.25, 0.3) is 0 Å². The van der Waals surface area contributed by atoms with Crippen molar-refractivity contribution in [3.63, 3.8) is 0 Å². The molecule has 0 unspecified atom stereocenters. The Labute approximate surface area is 181 Å². The second-order valence-corrected chi connectivity index (χ2v) is 6.54. The minimum Gasteiger partial charge on any atom is -0.505 e. The number of hydrogen-bond donors (Lipinski definition) is 5. The summed E-state index contributed by atoms with van der Waals surface area (Å²) in [7, 11) is 1.63. The van der Waals surface area contributed by atoms with Crippen LogP contribution in [0.25, 0.3) is 12.2 Å². The molecule has 8 nitrogen and oxygen atoms in total. The Hall–Kier alpha value is -4.20. The zero-order valence-corrected chi connectivity index (χ0v) is 17.6. The fraction of sp³-hybridized carbons (Fsp3) is 0.130. The number of H-pyrrole nitrogens is 1. The number of hydrogen-bond acceptors (Lipinski definition) is 7. The van der Waals surface area contributed by atoms with Crippen molar-refractivity contribution >= 4 is 35.1 Å². The van der Waals surface area contributed by atoms with Gasteiger partial charge in [-0.1, -0.05) is 25.3 Å². The number of nitrogens with zero attached hydrogens (tertiary/aromatic N) is 1. The maximum atomic E-state index is 10.6. The molecule has 0 aliphatic rings. The highest BCUT2D eigenvalue weighted by Gasteiger charge is 2.12. The Kier molecular flexibility index (Phi) is 7.85. The second-order valence-electron chi connectivity index (χ2n) is 6.54. The fourth-order valence-corrected chi connectivity index (χ4v) is 2.80. The average Bonchev–Trinajstić information content (AvgIpc) is 3.21. The Bertz CT molecular complexity index is 1070. The molecule has 0 amide bonds. The molecule has 1 heterocycles. The van der Waals surface area contributed by atoms with Gasteiger partial charge < -0.3 is 26.6 Å². The van der Waals surface area contributed by atoms with Gasteiger partial charge in [-0.3, -0.25) is 9.89 Å². The number of ketones is 1. The van der Waals surface area contributed by atoms with E-state index in [4.69, 9.17) is 16.2 Å². The fourth-order valence-electron chi connectivity index (χ4n) is 2.80. The van der Waals surface area contributed by atoms with E-state index in [1.807, 2.05) is 30.3 Å². The van der Waals surface area contributed by atoms with E-state index in [1.54, 1.807) is 19.3 Å². The van der Waals surface area contributed by atoms with Crippen molar-refractivity contribution in [3.8, 4) is 11.5 Å². The summed E-state index contributed by atoms with van der Waals surface area (Å²) in [6.45, 7) is 9.37. The predicted octanol–water partition coefficient (Wildman–Crippen LogP) is 4.08. The van der Waals surface area contributed by atoms with E-state index in [9.17, 15) is 9.90 Å². The number of nitrogens with two attached hydrogens (primary N) is 2. The molecule has 0 atom stereocenters. The first kappa shape index (κ1) is 23.1. The van der Waals surface area contributed by atoms with E-state index in [0.717, 1.165) is 17.0 Å². The van der Waals surface area contributed by atoms with Crippen molar-refractivity contribution in [1.82, 2.24) is 10.2 Å². The maximum absolute atomic E-state index is 10.6. The van der Waals surface area contributed by atoms with Crippen LogP contribution in [0.5, 0.6) is 11.5 Å². The van der Waals surface area contributed by atoms with Crippen LogP contribution in [0.2, 0.25) is 0 Å². The van der Waals surface area contributed by atoms with Gasteiger partial charge in [0.1, 0.15) is 17.3 Å². The van der Waals surface area contributed by atoms with E-state index in [0.29, 0.717) is 34.7 Å². The minimum absolute atomic E-state index is 0.0683. The SMILES string of the molecule is C=Cc1cc(CNc2ccc(OC)cc2)c(O)c(N)c1C=C.CC(=O)c1cn[nH]c1N. The number of anilines is 3. The van der Waals surface area contributed by atoms with E-state index in [2.05, 4.69) is 28.7 Å². The zero-order chi connectivity index (χ0) is 23.0. The lowest BCUT2D eigenvalue weighted by Gasteiger charge is -2.14. The molecule has 162 valence electrons. The van der Waals surface area contributed by atoms with Crippen LogP contribution >= 0.6 is 0 Å². The first-order valence-corrected chi connectivity index (χ1v) is 9.39. The molecule has 3 aromatic rings. The molecule has 1 aromatic heterocycles. The predicted molar refractivity (Wildman–Crippen MR) is 126 cm³/mol. The van der Waals surface area contributed by atoms with Gasteiger partial charge >= 0.3 is 0 Å². The van der Waals surface area contributed by atoms with Gasteiger partial charge in [-0.25, -0.2) is 0 Å². The standard InChI is InChI=1S/C18H20N2O2.C5H7N3O/c1-4-12-10-13(18(21)17(19)16(12)5-2)11-20-14-6-8-15(22-3)9-7-14;1-3(9)4-2-7-8-5(4)6/h4-10,20-21H,1-2,11,19H2,3H3;2H,1H3,(H3,6,7,8). The summed E-state index contributed by atoms with van der Waals surface area (Å²) in [5.74, 6) is 1.13. The molecule has 3 rings (SSSR count). The zero-order valence-electron chi connectivity index (χ0n) is 17.6. The van der Waals surface area contributed by atoms with Crippen LogP contribution in [-0.2, 0) is 6.54 Å². The van der Waals surface area contributed by atoms with Crippen LogP contribution in [0.1, 0.15) is 34.0 Å². The van der Waals surface area contributed by atoms with Gasteiger partial charge in [-0.15, -0.1) is 0 Å². The number of aromatic hydroxyl groups is 1. The number of aromatic nitrogens is 2. The molecule has 0 saturated heterocycles. The summed E-state index contributed by atoms with van der Waals surface area (Å²) < 4.78 is 5.12. The Balaban J connectivity index is 0.000000316. The number of nitrogen functional groups attached to an aromatic ring is 2. The first-order valence-electron chi connectivity index (χ1n) is 9.39. The summed E-state index contributed by atoms with van der Waals surface area (Å²) in [6, 6.07) is 9.41. The number of aromatic amines is 1. The smallest absolute Gasteiger partial charge is 0.165 e. The van der Waals surface area contributed by atoms with Crippen LogP contribution in [0.4, 0.5) is 17.2 Å². The number of phenolic OH excluding ortho intramolecular Hbond substituents is 1. The molecule has 7 N–H and O–H groups in total. The monoisotopic (exact) mass is 421 g/mol. The molecule has 0 saturated carbocycles. The minimum atomic E-state index is -0.0683. The van der Waals surface area contributed by atoms with Crippen LogP contribution in [0, 0.1) is 0 Å². The summed E-state index contributed by atoms with van der Waals surface area (Å²) in [6.07, 6.45) is 4.73. The highest BCUT2D eigenvalue weighted by molar-refractivity contribution is 5.97. The third-order valence-corrected chi connectivity index (χ3v) is 4.54. The van der Waals surface area contributed by atoms with Crippen molar-refractivity contribution < 1.29 is 14.6 Å². The lowest BCUT2D eigenvalue weighted by atomic mass is 10.00. The van der Waals surface area contributed by atoms with E-state index >= 15 is 0 Å². The van der Waals surface area contributed by atoms with Gasteiger partial charge in [0.2, 0.25) is 0 Å². The summed E-state index contributed by atoms with van der Waals surface area (Å²) in [4.78, 5) is 10.6. The third kappa shape index (κ3) is 5.66. The molecule has 0 aliphatic carbocycles. The number of ether oxygens (including phenoxy) is 1. The van der Waals surface area contributed by atoms with Crippen LogP contribution < -0.4 is 21.5 Å². The maximum Gasteiger partial charge on any atom is 0.165 e. The Morgan fingerprint density at radius 3 is 2.39 bits per heavy atom. The van der Waals surface area contributed by atoms with Crippen molar-refractivity contribution in [2.75, 3.05) is 23.9 Å². The molecule has 0 fully saturated rings. The molecular weight excluding hydrogens is 394 g/mol. The van der Waals surface area contributed by atoms with Crippen molar-refractivity contribution in [2.24, 2.45) is 0 Å². The largest absolute Gasteiger partial charge is 0.505 e. The van der Waals surface area contributed by atoms with Crippen molar-refractivity contribution in [1.29, 1.82) is 0 Å². The third-order valence-electron chi connectivity index (χ3n) is 4.54. The lowest BCUT2D eigenvalue weighted by molar-refractivity contribution is 0.101. The van der Waals surface area contributed by atoms with Gasteiger partial charge in [0.05, 0.1) is 24.6 Å². The first-order chi connectivity index (χ1) is 14.8. The number of rotatable bonds is 7. The molecule has 31 heavy (non-hydrogen) atoms. The van der Waals surface area contributed by atoms with Crippen LogP contribution in [0.15, 0.2) is 49.7 Å². The molecule has 2 aromatic carbocycles. The molecule has 0 aliphatic heterocycles. The number of nitrogens with one attached hydrogen (secondary N) is 2. The summed E-state index contributed by atoms with van der Waals surface area (Å²) in [5, 5.41) is 19.5. The average molecular weight is 422 g/mol. The highest BCUT2D eigenvalue weighted by atomic mass is 16.5. The topological polar surface area (TPSA) is 139 Å². The number of benzene rings is 2. The quantitative estimate of drug-likeness (QED) is 0.220. The number of carbonyl (C=O) groups excluding carboxylic acids is 1. The molecule has 0 spiro atoms. The van der Waals surface area contributed by atoms with Gasteiger partial charge in [0.15, 0.2) is 5.78 Å². The number of phenols is 1. The Morgan fingerprint density at radius 2 is 1.94 bits per heavy atom. The van der Waals surface area contributed by atoms with Gasteiger partial charge in [0, 0.05) is 23.4 Å². The van der Waals surface area contributed by atoms with Gasteiger partial charge in [-0.05, 0) is 42.8 Å². The van der Waals surface area contributed by atoms with Crippen molar-refractivity contribution in [2.45, 2.75) is 13.5 Å². The van der Waals surface area contributed by atoms with Gasteiger partial charge in [-0.2, -0.15) is 5.10 Å². The van der Waals surface area contributed by atoms with Crippen LogP contribution in [-0.4, -0.2) is 28.2 Å². The lowest BCUT2D eigenvalue weighted by Crippen LogP contribution is -2.03. The van der Waals surface area contributed by atoms with E-state index < -0.39 is 0 Å². The summed E-state index contributed by atoms with van der Waals surface area (Å²) in [5.41, 5.74) is 15.2. The molecule has 0 radical (unpaired) electrons. The van der Waals surface area contributed by atoms with E-state index in [-0.39, 0.29) is 11.5 Å². The van der Waals surface area contributed by atoms with E-state index in [1.165, 1.54) is 13.1 Å². The second kappa shape index (κ2) is 10.5. The van der Waals surface area contributed by atoms with Crippen LogP contribution in [0.3, 0.4) is 0 Å². The number of carbonyl (C=O) groups is 1. The molecular formula is C23H27N5O3. The highest BCUT2D eigenvalue weighted by Crippen LogP contribution is 2.33. The summed E-state index contributed by atoms with van der Waals surface area (Å²) >= 11 is 0. The number of Topliss-reactive ketones (excluding diaryl/α,β-unsaturated/α-hetero) is 1. The normalized spacial score (nSPS) is 9.87. The molecule has 8 heteroatoms. The Morgan fingerprint density at radius 1 is 1.26 bits per heavy atom. The van der Waals surface area contributed by atoms with Crippen molar-refractivity contribution in [3.05, 3.63) is 71.9 Å².